The molecule has 0 aliphatic rings. The zero-order valence-corrected chi connectivity index (χ0v) is 10.5. The van der Waals surface area contributed by atoms with Gasteiger partial charge in [-0.1, -0.05) is 17.4 Å². The second kappa shape index (κ2) is 4.97. The first-order valence-corrected chi connectivity index (χ1v) is 5.61. The van der Waals surface area contributed by atoms with Gasteiger partial charge in [0.2, 0.25) is 5.76 Å². The van der Waals surface area contributed by atoms with E-state index in [9.17, 15) is 4.79 Å². The van der Waals surface area contributed by atoms with Crippen molar-refractivity contribution in [1.29, 1.82) is 0 Å². The summed E-state index contributed by atoms with van der Waals surface area (Å²) < 4.78 is 4.86. The van der Waals surface area contributed by atoms with Crippen molar-refractivity contribution >= 4 is 28.8 Å². The van der Waals surface area contributed by atoms with E-state index in [1.54, 1.807) is 37.3 Å². The predicted molar refractivity (Wildman–Crippen MR) is 71.5 cm³/mol. The fourth-order valence-corrected chi connectivity index (χ4v) is 1.52. The van der Waals surface area contributed by atoms with Crippen LogP contribution in [-0.2, 0) is 0 Å². The Kier molecular flexibility index (Phi) is 3.38. The number of thiocarbonyl (C=S) groups is 1. The molecule has 2 aromatic rings. The van der Waals surface area contributed by atoms with E-state index in [2.05, 4.69) is 10.5 Å². The quantitative estimate of drug-likeness (QED) is 0.824. The molecule has 0 bridgehead atoms. The highest BCUT2D eigenvalue weighted by atomic mass is 32.1. The summed E-state index contributed by atoms with van der Waals surface area (Å²) in [5.41, 5.74) is 7.52. The molecule has 6 heteroatoms. The van der Waals surface area contributed by atoms with Gasteiger partial charge in [-0.3, -0.25) is 4.79 Å². The highest BCUT2D eigenvalue weighted by Crippen LogP contribution is 2.12. The summed E-state index contributed by atoms with van der Waals surface area (Å²) in [6.45, 7) is 1.75. The summed E-state index contributed by atoms with van der Waals surface area (Å²) in [6, 6.07) is 8.48. The maximum absolute atomic E-state index is 11.8. The van der Waals surface area contributed by atoms with Crippen molar-refractivity contribution in [3.8, 4) is 0 Å². The number of rotatable bonds is 3. The monoisotopic (exact) mass is 261 g/mol. The molecule has 1 aromatic heterocycles. The summed E-state index contributed by atoms with van der Waals surface area (Å²) in [4.78, 5) is 12.1. The summed E-state index contributed by atoms with van der Waals surface area (Å²) in [7, 11) is 0. The first-order valence-electron chi connectivity index (χ1n) is 5.21. The summed E-state index contributed by atoms with van der Waals surface area (Å²) in [5, 5.41) is 6.33. The van der Waals surface area contributed by atoms with Crippen LogP contribution in [0.3, 0.4) is 0 Å². The predicted octanol–water partition coefficient (Wildman–Crippen LogP) is 1.87. The van der Waals surface area contributed by atoms with Gasteiger partial charge in [0.15, 0.2) is 0 Å². The molecule has 1 amide bonds. The maximum atomic E-state index is 11.8. The van der Waals surface area contributed by atoms with Crippen LogP contribution < -0.4 is 11.1 Å². The Balaban J connectivity index is 2.10. The van der Waals surface area contributed by atoms with Crippen LogP contribution in [0.5, 0.6) is 0 Å². The van der Waals surface area contributed by atoms with Crippen LogP contribution >= 0.6 is 12.2 Å². The third-order valence-electron chi connectivity index (χ3n) is 2.28. The second-order valence-corrected chi connectivity index (χ2v) is 4.17. The lowest BCUT2D eigenvalue weighted by atomic mass is 10.2. The molecule has 0 radical (unpaired) electrons. The number of hydrogen-bond donors (Lipinski definition) is 2. The summed E-state index contributed by atoms with van der Waals surface area (Å²) >= 11 is 4.84. The van der Waals surface area contributed by atoms with Gasteiger partial charge in [0.05, 0.1) is 5.69 Å². The van der Waals surface area contributed by atoms with E-state index in [0.717, 1.165) is 5.56 Å². The summed E-state index contributed by atoms with van der Waals surface area (Å²) in [6.07, 6.45) is 0. The zero-order chi connectivity index (χ0) is 13.1. The van der Waals surface area contributed by atoms with Crippen molar-refractivity contribution in [3.05, 3.63) is 47.3 Å². The molecule has 5 nitrogen and oxygen atoms in total. The maximum Gasteiger partial charge on any atom is 0.294 e. The number of carbonyl (C=O) groups is 1. The van der Waals surface area contributed by atoms with E-state index < -0.39 is 0 Å². The van der Waals surface area contributed by atoms with Crippen molar-refractivity contribution in [2.45, 2.75) is 6.92 Å². The highest BCUT2D eigenvalue weighted by Gasteiger charge is 2.11. The van der Waals surface area contributed by atoms with Gasteiger partial charge in [-0.2, -0.15) is 0 Å². The summed E-state index contributed by atoms with van der Waals surface area (Å²) in [5.74, 6) is -0.176. The minimum Gasteiger partial charge on any atom is -0.389 e. The van der Waals surface area contributed by atoms with Crippen molar-refractivity contribution in [2.24, 2.45) is 5.73 Å². The lowest BCUT2D eigenvalue weighted by Gasteiger charge is -2.03. The highest BCUT2D eigenvalue weighted by molar-refractivity contribution is 7.80. The molecule has 0 atom stereocenters. The van der Waals surface area contributed by atoms with Gasteiger partial charge < -0.3 is 15.6 Å². The SMILES string of the molecule is Cc1cc(C(=O)Nc2ccc(C(N)=S)cc2)on1. The number of nitrogens with one attached hydrogen (secondary N) is 1. The second-order valence-electron chi connectivity index (χ2n) is 3.73. The molecule has 0 unspecified atom stereocenters. The lowest BCUT2D eigenvalue weighted by molar-refractivity contribution is 0.0988. The third kappa shape index (κ3) is 2.72. The zero-order valence-electron chi connectivity index (χ0n) is 9.64. The minimum absolute atomic E-state index is 0.172. The minimum atomic E-state index is -0.348. The van der Waals surface area contributed by atoms with Crippen LogP contribution in [0.2, 0.25) is 0 Å². The Morgan fingerprint density at radius 2 is 2.06 bits per heavy atom. The molecular weight excluding hydrogens is 250 g/mol. The Labute approximate surface area is 109 Å². The van der Waals surface area contributed by atoms with Crippen LogP contribution in [0, 0.1) is 6.92 Å². The molecule has 3 N–H and O–H groups in total. The van der Waals surface area contributed by atoms with Crippen LogP contribution in [0.4, 0.5) is 5.69 Å². The van der Waals surface area contributed by atoms with Crippen LogP contribution in [0.15, 0.2) is 34.9 Å². The molecule has 1 aromatic carbocycles. The lowest BCUT2D eigenvalue weighted by Crippen LogP contribution is -2.12. The van der Waals surface area contributed by atoms with Gasteiger partial charge in [-0.25, -0.2) is 0 Å². The van der Waals surface area contributed by atoms with Crippen molar-refractivity contribution in [2.75, 3.05) is 5.32 Å². The normalized spacial score (nSPS) is 10.1. The number of amides is 1. The average molecular weight is 261 g/mol. The fourth-order valence-electron chi connectivity index (χ4n) is 1.38. The van der Waals surface area contributed by atoms with Crippen LogP contribution in [0.1, 0.15) is 21.8 Å². The van der Waals surface area contributed by atoms with E-state index in [1.807, 2.05) is 0 Å². The fraction of sp³-hybridized carbons (Fsp3) is 0.0833. The largest absolute Gasteiger partial charge is 0.389 e. The topological polar surface area (TPSA) is 81.2 Å². The standard InChI is InChI=1S/C12H11N3O2S/c1-7-6-10(17-15-7)12(16)14-9-4-2-8(3-5-9)11(13)18/h2-6H,1H3,(H2,13,18)(H,14,16). The molecule has 0 saturated heterocycles. The smallest absolute Gasteiger partial charge is 0.294 e. The molecule has 0 saturated carbocycles. The average Bonchev–Trinajstić information content (AvgIpc) is 2.76. The number of carbonyl (C=O) groups excluding carboxylic acids is 1. The molecule has 0 fully saturated rings. The number of nitrogens with zero attached hydrogens (tertiary/aromatic N) is 1. The van der Waals surface area contributed by atoms with E-state index in [-0.39, 0.29) is 11.7 Å². The molecule has 18 heavy (non-hydrogen) atoms. The van der Waals surface area contributed by atoms with Gasteiger partial charge in [-0.15, -0.1) is 0 Å². The van der Waals surface area contributed by atoms with E-state index in [0.29, 0.717) is 16.4 Å². The Hall–Kier alpha value is -2.21. The van der Waals surface area contributed by atoms with Crippen LogP contribution in [-0.4, -0.2) is 16.1 Å². The molecule has 0 aliphatic heterocycles. The number of benzene rings is 1. The number of aryl methyl sites for hydroxylation is 1. The molecule has 92 valence electrons. The Bertz CT molecular complexity index is 590. The molecule has 0 aliphatic carbocycles. The molecule has 0 spiro atoms. The number of hydrogen-bond acceptors (Lipinski definition) is 4. The molecular formula is C12H11N3O2S. The first kappa shape index (κ1) is 12.3. The molecule has 2 rings (SSSR count). The van der Waals surface area contributed by atoms with Gasteiger partial charge >= 0.3 is 0 Å². The van der Waals surface area contributed by atoms with Crippen LogP contribution in [0.25, 0.3) is 0 Å². The Morgan fingerprint density at radius 1 is 1.39 bits per heavy atom. The Morgan fingerprint density at radius 3 is 2.56 bits per heavy atom. The molecule has 1 heterocycles. The number of anilines is 1. The van der Waals surface area contributed by atoms with Gasteiger partial charge in [-0.05, 0) is 31.2 Å². The first-order chi connectivity index (χ1) is 8.56. The van der Waals surface area contributed by atoms with Gasteiger partial charge in [0.25, 0.3) is 5.91 Å². The van der Waals surface area contributed by atoms with Crippen molar-refractivity contribution < 1.29 is 9.32 Å². The van der Waals surface area contributed by atoms with Gasteiger partial charge in [0, 0.05) is 17.3 Å². The number of nitrogens with two attached hydrogens (primary N) is 1. The number of aromatic nitrogens is 1. The van der Waals surface area contributed by atoms with Crippen molar-refractivity contribution in [1.82, 2.24) is 5.16 Å². The van der Waals surface area contributed by atoms with Gasteiger partial charge in [0.1, 0.15) is 4.99 Å². The third-order valence-corrected chi connectivity index (χ3v) is 2.51. The van der Waals surface area contributed by atoms with E-state index >= 15 is 0 Å². The van der Waals surface area contributed by atoms with E-state index in [1.165, 1.54) is 0 Å². The van der Waals surface area contributed by atoms with E-state index in [4.69, 9.17) is 22.5 Å². The van der Waals surface area contributed by atoms with Crippen molar-refractivity contribution in [3.63, 3.8) is 0 Å².